The van der Waals surface area contributed by atoms with Crippen molar-refractivity contribution in [2.45, 2.75) is 0 Å². The number of carboxylic acid groups (broad SMARTS) is 1. The molecule has 1 heterocycles. The first kappa shape index (κ1) is 14.2. The highest BCUT2D eigenvalue weighted by molar-refractivity contribution is 7.99. The Bertz CT molecular complexity index is 664. The van der Waals surface area contributed by atoms with Gasteiger partial charge in [-0.05, 0) is 0 Å². The fourth-order valence-electron chi connectivity index (χ4n) is 1.88. The zero-order chi connectivity index (χ0) is 14.4. The van der Waals surface area contributed by atoms with Gasteiger partial charge in [-0.1, -0.05) is 30.2 Å². The number of hydrogen-bond donors (Lipinski definition) is 2. The highest BCUT2D eigenvalue weighted by Crippen LogP contribution is 2.24. The van der Waals surface area contributed by atoms with E-state index in [9.17, 15) is 4.79 Å². The monoisotopic (exact) mass is 286 g/mol. The van der Waals surface area contributed by atoms with Crippen molar-refractivity contribution in [3.05, 3.63) is 36.0 Å². The van der Waals surface area contributed by atoms with Crippen LogP contribution in [0.4, 0.5) is 5.82 Å². The summed E-state index contributed by atoms with van der Waals surface area (Å²) in [4.78, 5) is 15.4. The van der Waals surface area contributed by atoms with Crippen molar-refractivity contribution >= 4 is 34.3 Å². The van der Waals surface area contributed by atoms with Crippen molar-refractivity contribution in [1.29, 1.82) is 0 Å². The summed E-state index contributed by atoms with van der Waals surface area (Å²) in [5.74, 6) is 3.87. The van der Waals surface area contributed by atoms with Crippen LogP contribution in [0, 0.1) is 12.3 Å². The Morgan fingerprint density at radius 2 is 2.15 bits per heavy atom. The molecule has 0 aliphatic heterocycles. The van der Waals surface area contributed by atoms with Crippen LogP contribution in [-0.4, -0.2) is 34.1 Å². The molecule has 20 heavy (non-hydrogen) atoms. The maximum Gasteiger partial charge on any atom is 0.337 e. The summed E-state index contributed by atoms with van der Waals surface area (Å²) in [5.41, 5.74) is 0.216. The molecule has 0 fully saturated rings. The number of thioether (sulfide) groups is 1. The van der Waals surface area contributed by atoms with E-state index in [1.54, 1.807) is 17.8 Å². The van der Waals surface area contributed by atoms with Gasteiger partial charge in [0, 0.05) is 29.3 Å². The van der Waals surface area contributed by atoms with Gasteiger partial charge in [0.1, 0.15) is 5.82 Å². The molecule has 0 aliphatic rings. The fourth-order valence-corrected chi connectivity index (χ4v) is 2.39. The van der Waals surface area contributed by atoms with Crippen LogP contribution in [0.1, 0.15) is 10.4 Å². The van der Waals surface area contributed by atoms with Gasteiger partial charge < -0.3 is 10.4 Å². The maximum atomic E-state index is 11.2. The second-order valence-electron chi connectivity index (χ2n) is 4.05. The molecule has 5 heteroatoms. The predicted molar refractivity (Wildman–Crippen MR) is 83.4 cm³/mol. The van der Waals surface area contributed by atoms with E-state index < -0.39 is 5.97 Å². The number of nitrogens with one attached hydrogen (secondary N) is 1. The molecule has 0 atom stereocenters. The molecule has 0 bridgehead atoms. The van der Waals surface area contributed by atoms with E-state index in [-0.39, 0.29) is 5.56 Å². The zero-order valence-electron chi connectivity index (χ0n) is 10.8. The van der Waals surface area contributed by atoms with Crippen LogP contribution in [0.25, 0.3) is 10.8 Å². The average Bonchev–Trinajstić information content (AvgIpc) is 2.46. The number of carboxylic acids is 1. The van der Waals surface area contributed by atoms with E-state index in [2.05, 4.69) is 16.2 Å². The largest absolute Gasteiger partial charge is 0.478 e. The molecule has 102 valence electrons. The standard InChI is InChI=1S/C15H14N2O2S/c1-2-8-20-9-7-16-14-12-6-4-3-5-11(12)13(10-17-14)15(18)19/h1,3-6,10H,7-9H2,(H,16,17)(H,18,19). The number of rotatable bonds is 6. The molecule has 0 unspecified atom stereocenters. The molecular formula is C15H14N2O2S. The number of nitrogens with zero attached hydrogens (tertiary/aromatic N) is 1. The maximum absolute atomic E-state index is 11.2. The number of benzene rings is 1. The van der Waals surface area contributed by atoms with Crippen LogP contribution >= 0.6 is 11.8 Å². The highest BCUT2D eigenvalue weighted by atomic mass is 32.2. The average molecular weight is 286 g/mol. The molecule has 1 aromatic carbocycles. The lowest BCUT2D eigenvalue weighted by Gasteiger charge is -2.10. The Labute approximate surface area is 121 Å². The Kier molecular flexibility index (Phi) is 4.85. The second kappa shape index (κ2) is 6.83. The van der Waals surface area contributed by atoms with E-state index in [1.165, 1.54) is 6.20 Å². The van der Waals surface area contributed by atoms with Gasteiger partial charge >= 0.3 is 5.97 Å². The number of pyridine rings is 1. The quantitative estimate of drug-likeness (QED) is 0.631. The summed E-state index contributed by atoms with van der Waals surface area (Å²) in [6.07, 6.45) is 6.57. The number of carbonyl (C=O) groups is 1. The van der Waals surface area contributed by atoms with Gasteiger partial charge in [-0.25, -0.2) is 9.78 Å². The fraction of sp³-hybridized carbons (Fsp3) is 0.200. The van der Waals surface area contributed by atoms with Crippen molar-refractivity contribution in [3.63, 3.8) is 0 Å². The van der Waals surface area contributed by atoms with Crippen LogP contribution in [0.3, 0.4) is 0 Å². The number of anilines is 1. The summed E-state index contributed by atoms with van der Waals surface area (Å²) < 4.78 is 0. The van der Waals surface area contributed by atoms with Gasteiger partial charge in [-0.2, -0.15) is 0 Å². The molecule has 1 aromatic heterocycles. The minimum absolute atomic E-state index is 0.216. The van der Waals surface area contributed by atoms with E-state index in [4.69, 9.17) is 11.5 Å². The Morgan fingerprint density at radius 3 is 2.85 bits per heavy atom. The Balaban J connectivity index is 2.21. The number of hydrogen-bond acceptors (Lipinski definition) is 4. The molecule has 0 saturated carbocycles. The van der Waals surface area contributed by atoms with Gasteiger partial charge in [0.15, 0.2) is 0 Å². The molecule has 4 nitrogen and oxygen atoms in total. The lowest BCUT2D eigenvalue weighted by molar-refractivity contribution is 0.0698. The minimum Gasteiger partial charge on any atom is -0.478 e. The molecule has 2 rings (SSSR count). The molecule has 0 aliphatic carbocycles. The number of fused-ring (bicyclic) bond motifs is 1. The van der Waals surface area contributed by atoms with E-state index in [0.29, 0.717) is 17.0 Å². The van der Waals surface area contributed by atoms with E-state index in [0.717, 1.165) is 17.7 Å². The first-order valence-electron chi connectivity index (χ1n) is 6.10. The number of aromatic nitrogens is 1. The van der Waals surface area contributed by atoms with E-state index >= 15 is 0 Å². The summed E-state index contributed by atoms with van der Waals surface area (Å²) in [6.45, 7) is 0.732. The predicted octanol–water partition coefficient (Wildman–Crippen LogP) is 2.71. The molecule has 2 aromatic rings. The second-order valence-corrected chi connectivity index (χ2v) is 5.16. The van der Waals surface area contributed by atoms with Crippen LogP contribution in [0.2, 0.25) is 0 Å². The van der Waals surface area contributed by atoms with Gasteiger partial charge in [-0.15, -0.1) is 18.2 Å². The van der Waals surface area contributed by atoms with Crippen molar-refractivity contribution in [2.24, 2.45) is 0 Å². The summed E-state index contributed by atoms with van der Waals surface area (Å²) in [5, 5.41) is 13.9. The van der Waals surface area contributed by atoms with Crippen LogP contribution in [-0.2, 0) is 0 Å². The summed E-state index contributed by atoms with van der Waals surface area (Å²) >= 11 is 1.67. The minimum atomic E-state index is -0.968. The van der Waals surface area contributed by atoms with Gasteiger partial charge in [0.05, 0.1) is 11.3 Å². The third-order valence-electron chi connectivity index (χ3n) is 2.75. The molecule has 0 radical (unpaired) electrons. The molecule has 0 saturated heterocycles. The number of aromatic carboxylic acids is 1. The highest BCUT2D eigenvalue weighted by Gasteiger charge is 2.11. The van der Waals surface area contributed by atoms with Crippen LogP contribution < -0.4 is 5.32 Å². The Morgan fingerprint density at radius 1 is 1.40 bits per heavy atom. The lowest BCUT2D eigenvalue weighted by atomic mass is 10.1. The van der Waals surface area contributed by atoms with Crippen LogP contribution in [0.15, 0.2) is 30.5 Å². The lowest BCUT2D eigenvalue weighted by Crippen LogP contribution is -2.08. The number of terminal acetylenes is 1. The SMILES string of the molecule is C#CCSCCNc1ncc(C(=O)O)c2ccccc12. The normalized spacial score (nSPS) is 10.2. The van der Waals surface area contributed by atoms with Crippen molar-refractivity contribution < 1.29 is 9.90 Å². The summed E-state index contributed by atoms with van der Waals surface area (Å²) in [7, 11) is 0. The smallest absolute Gasteiger partial charge is 0.337 e. The zero-order valence-corrected chi connectivity index (χ0v) is 11.6. The third kappa shape index (κ3) is 3.22. The molecular weight excluding hydrogens is 272 g/mol. The van der Waals surface area contributed by atoms with Crippen molar-refractivity contribution in [1.82, 2.24) is 4.98 Å². The van der Waals surface area contributed by atoms with Crippen molar-refractivity contribution in [3.8, 4) is 12.3 Å². The van der Waals surface area contributed by atoms with Gasteiger partial charge in [0.25, 0.3) is 0 Å². The Hall–Kier alpha value is -2.19. The first-order valence-corrected chi connectivity index (χ1v) is 7.25. The van der Waals surface area contributed by atoms with Crippen molar-refractivity contribution in [2.75, 3.05) is 23.4 Å². The first-order chi connectivity index (χ1) is 9.74. The molecule has 2 N–H and O–H groups in total. The van der Waals surface area contributed by atoms with Crippen LogP contribution in [0.5, 0.6) is 0 Å². The van der Waals surface area contributed by atoms with Gasteiger partial charge in [-0.3, -0.25) is 0 Å². The van der Waals surface area contributed by atoms with E-state index in [1.807, 2.05) is 18.2 Å². The molecule has 0 spiro atoms. The van der Waals surface area contributed by atoms with Gasteiger partial charge in [0.2, 0.25) is 0 Å². The summed E-state index contributed by atoms with van der Waals surface area (Å²) in [6, 6.07) is 7.35. The molecule has 0 amide bonds. The third-order valence-corrected chi connectivity index (χ3v) is 3.61. The topological polar surface area (TPSA) is 62.2 Å².